The molecule has 3 aromatic heterocycles. The van der Waals surface area contributed by atoms with Crippen molar-refractivity contribution in [3.8, 4) is 17.6 Å². The van der Waals surface area contributed by atoms with Crippen molar-refractivity contribution in [2.45, 2.75) is 6.54 Å². The van der Waals surface area contributed by atoms with Crippen LogP contribution in [-0.2, 0) is 6.54 Å². The predicted octanol–water partition coefficient (Wildman–Crippen LogP) is 0.623. The van der Waals surface area contributed by atoms with Crippen LogP contribution >= 0.6 is 0 Å². The third-order valence-corrected chi connectivity index (χ3v) is 4.36. The highest BCUT2D eigenvalue weighted by molar-refractivity contribution is 5.56. The van der Waals surface area contributed by atoms with Crippen molar-refractivity contribution in [2.24, 2.45) is 5.73 Å². The number of nitrogens with one attached hydrogen (secondary N) is 2. The summed E-state index contributed by atoms with van der Waals surface area (Å²) in [5, 5.41) is 5.93. The molecule has 8 nitrogen and oxygen atoms in total. The van der Waals surface area contributed by atoms with E-state index in [1.807, 2.05) is 0 Å². The monoisotopic (exact) mass is 399 g/mol. The van der Waals surface area contributed by atoms with Crippen molar-refractivity contribution in [3.63, 3.8) is 0 Å². The normalized spacial score (nSPS) is 12.4. The quantitative estimate of drug-likeness (QED) is 0.629. The number of aromatic amines is 1. The molecule has 0 atom stereocenters. The number of ether oxygens (including phenoxy) is 1. The number of hydrogen-bond donors (Lipinski definition) is 2. The fraction of sp³-hybridized carbons (Fsp3) is 0.211. The second kappa shape index (κ2) is 7.73. The molecule has 0 amide bonds. The lowest BCUT2D eigenvalue weighted by atomic mass is 10.2. The molecule has 3 aromatic rings. The Morgan fingerprint density at radius 2 is 2.17 bits per heavy atom. The molecule has 4 N–H and O–H groups in total. The second-order valence-electron chi connectivity index (χ2n) is 6.32. The summed E-state index contributed by atoms with van der Waals surface area (Å²) in [5.41, 5.74) is 6.28. The van der Waals surface area contributed by atoms with Gasteiger partial charge in [-0.1, -0.05) is 11.8 Å². The van der Waals surface area contributed by atoms with E-state index in [0.717, 1.165) is 4.68 Å². The zero-order valence-electron chi connectivity index (χ0n) is 15.2. The number of aromatic nitrogens is 4. The van der Waals surface area contributed by atoms with Crippen LogP contribution in [0.1, 0.15) is 11.1 Å². The van der Waals surface area contributed by atoms with Crippen LogP contribution in [0.4, 0.5) is 14.6 Å². The van der Waals surface area contributed by atoms with Crippen LogP contribution < -0.4 is 26.6 Å². The maximum atomic E-state index is 12.8. The Kier molecular flexibility index (Phi) is 4.97. The minimum absolute atomic E-state index is 0.309. The summed E-state index contributed by atoms with van der Waals surface area (Å²) in [5.74, 6) is 7.34. The molecule has 1 aliphatic heterocycles. The van der Waals surface area contributed by atoms with Gasteiger partial charge in [0.1, 0.15) is 12.8 Å². The molecule has 4 rings (SSSR count). The predicted molar refractivity (Wildman–Crippen MR) is 101 cm³/mol. The van der Waals surface area contributed by atoms with Gasteiger partial charge in [-0.3, -0.25) is 0 Å². The van der Waals surface area contributed by atoms with Gasteiger partial charge in [0.05, 0.1) is 13.1 Å². The second-order valence-corrected chi connectivity index (χ2v) is 6.32. The molecule has 0 spiro atoms. The molecule has 0 unspecified atom stereocenters. The number of nitrogens with two attached hydrogens (primary N) is 1. The van der Waals surface area contributed by atoms with E-state index in [4.69, 9.17) is 10.5 Å². The first-order chi connectivity index (χ1) is 14.0. The molecule has 10 heteroatoms. The first kappa shape index (κ1) is 18.6. The van der Waals surface area contributed by atoms with E-state index < -0.39 is 11.8 Å². The van der Waals surface area contributed by atoms with Gasteiger partial charge in [0.2, 0.25) is 0 Å². The Hall–Kier alpha value is -3.71. The van der Waals surface area contributed by atoms with E-state index in [1.165, 1.54) is 10.6 Å². The van der Waals surface area contributed by atoms with Crippen LogP contribution in [0.5, 0.6) is 5.75 Å². The molecule has 0 fully saturated rings. The van der Waals surface area contributed by atoms with Gasteiger partial charge in [-0.25, -0.2) is 9.78 Å². The highest BCUT2D eigenvalue weighted by atomic mass is 19.3. The maximum absolute atomic E-state index is 12.8. The molecular weight excluding hydrogens is 382 g/mol. The van der Waals surface area contributed by atoms with E-state index in [9.17, 15) is 13.6 Å². The van der Waals surface area contributed by atoms with Crippen LogP contribution in [0, 0.1) is 11.8 Å². The van der Waals surface area contributed by atoms with E-state index in [-0.39, 0.29) is 18.7 Å². The molecule has 29 heavy (non-hydrogen) atoms. The number of fused-ring (bicyclic) bond motifs is 2. The summed E-state index contributed by atoms with van der Waals surface area (Å²) >= 11 is 0. The first-order valence-corrected chi connectivity index (χ1v) is 8.81. The van der Waals surface area contributed by atoms with Crippen molar-refractivity contribution in [1.29, 1.82) is 0 Å². The molecule has 0 aliphatic carbocycles. The molecule has 0 aromatic carbocycles. The third kappa shape index (κ3) is 3.81. The van der Waals surface area contributed by atoms with Gasteiger partial charge in [0.25, 0.3) is 6.08 Å². The summed E-state index contributed by atoms with van der Waals surface area (Å²) in [6.07, 6.45) is 1.29. The molecule has 0 bridgehead atoms. The van der Waals surface area contributed by atoms with Crippen LogP contribution in [-0.4, -0.2) is 33.8 Å². The van der Waals surface area contributed by atoms with Gasteiger partial charge < -0.3 is 15.8 Å². The summed E-state index contributed by atoms with van der Waals surface area (Å²) < 4.78 is 33.6. The fourth-order valence-electron chi connectivity index (χ4n) is 2.88. The van der Waals surface area contributed by atoms with E-state index in [2.05, 4.69) is 27.2 Å². The topological polar surface area (TPSA) is 101 Å². The van der Waals surface area contributed by atoms with Crippen molar-refractivity contribution >= 4 is 11.5 Å². The van der Waals surface area contributed by atoms with Gasteiger partial charge in [-0.05, 0) is 6.07 Å². The molecule has 148 valence electrons. The fourth-order valence-corrected chi connectivity index (χ4v) is 2.88. The molecular formula is C19H17F2N6O2+. The molecule has 0 radical (unpaired) electrons. The summed E-state index contributed by atoms with van der Waals surface area (Å²) in [7, 11) is 0. The molecule has 4 heterocycles. The number of H-pyrrole nitrogens is 1. The van der Waals surface area contributed by atoms with Crippen molar-refractivity contribution in [3.05, 3.63) is 63.9 Å². The Bertz CT molecular complexity index is 1230. The standard InChI is InChI=1S/C19H16F2N6O2/c20-17(21)14(9-22)11-27-19(28)26-5-3-12(8-16(26)25-27)1-2-13-7-15-18(24-10-13)23-4-6-29-15/h3,5,7-8,10H,4,6,9,11,22H2,(H,23,24)/p+1. The molecule has 0 saturated carbocycles. The van der Waals surface area contributed by atoms with Crippen LogP contribution in [0.2, 0.25) is 0 Å². The summed E-state index contributed by atoms with van der Waals surface area (Å²) in [6.45, 7) is 0.632. The minimum atomic E-state index is -1.88. The lowest BCUT2D eigenvalue weighted by molar-refractivity contribution is -0.464. The van der Waals surface area contributed by atoms with Gasteiger partial charge in [-0.2, -0.15) is 13.9 Å². The van der Waals surface area contributed by atoms with Crippen LogP contribution in [0.3, 0.4) is 0 Å². The number of anilines is 1. The minimum Gasteiger partial charge on any atom is -0.488 e. The number of nitrogens with zero attached hydrogens (tertiary/aromatic N) is 3. The summed E-state index contributed by atoms with van der Waals surface area (Å²) in [6, 6.07) is 5.13. The van der Waals surface area contributed by atoms with Gasteiger partial charge in [-0.15, -0.1) is 9.08 Å². The molecule has 1 aliphatic rings. The van der Waals surface area contributed by atoms with E-state index >= 15 is 0 Å². The average molecular weight is 399 g/mol. The highest BCUT2D eigenvalue weighted by Gasteiger charge is 2.17. The smallest absolute Gasteiger partial charge is 0.451 e. The van der Waals surface area contributed by atoms with Gasteiger partial charge in [0, 0.05) is 41.6 Å². The third-order valence-electron chi connectivity index (χ3n) is 4.36. The lowest BCUT2D eigenvalue weighted by Gasteiger charge is -2.17. The number of pyridine rings is 2. The lowest BCUT2D eigenvalue weighted by Crippen LogP contribution is -2.31. The number of hydrogen-bond acceptors (Lipinski definition) is 5. The Morgan fingerprint density at radius 1 is 1.34 bits per heavy atom. The van der Waals surface area contributed by atoms with Crippen LogP contribution in [0.25, 0.3) is 5.65 Å². The largest absolute Gasteiger partial charge is 0.488 e. The number of rotatable bonds is 3. The Balaban J connectivity index is 1.63. The molecule has 0 saturated heterocycles. The van der Waals surface area contributed by atoms with Crippen molar-refractivity contribution < 1.29 is 18.6 Å². The Labute approximate surface area is 163 Å². The summed E-state index contributed by atoms with van der Waals surface area (Å²) in [4.78, 5) is 16.6. The van der Waals surface area contributed by atoms with E-state index in [0.29, 0.717) is 41.5 Å². The zero-order chi connectivity index (χ0) is 20.4. The highest BCUT2D eigenvalue weighted by Crippen LogP contribution is 2.24. The average Bonchev–Trinajstić information content (AvgIpc) is 3.04. The van der Waals surface area contributed by atoms with Crippen molar-refractivity contribution in [2.75, 3.05) is 25.0 Å². The number of halogens is 2. The Morgan fingerprint density at radius 3 is 2.97 bits per heavy atom. The van der Waals surface area contributed by atoms with Gasteiger partial charge >= 0.3 is 11.3 Å². The van der Waals surface area contributed by atoms with Gasteiger partial charge in [0.15, 0.2) is 11.6 Å². The zero-order valence-corrected chi connectivity index (χ0v) is 15.2. The van der Waals surface area contributed by atoms with E-state index in [1.54, 1.807) is 24.4 Å². The van der Waals surface area contributed by atoms with Crippen molar-refractivity contribution in [1.82, 2.24) is 14.1 Å². The SMILES string of the molecule is NCC(Cn1[nH+]c2cc(C#Cc3cnc4c(c3)OCCN4)ccn2c1=O)=C(F)F. The van der Waals surface area contributed by atoms with Crippen LogP contribution in [0.15, 0.2) is 47.0 Å². The first-order valence-electron chi connectivity index (χ1n) is 8.81. The maximum Gasteiger partial charge on any atom is 0.451 e.